The number of benzene rings is 1. The molecule has 30 heavy (non-hydrogen) atoms. The molecule has 1 atom stereocenters. The highest BCUT2D eigenvalue weighted by molar-refractivity contribution is 5.71. The molecular formula is C19H19F4N3O4. The first-order valence-corrected chi connectivity index (χ1v) is 9.03. The van der Waals surface area contributed by atoms with Crippen molar-refractivity contribution < 1.29 is 36.9 Å². The van der Waals surface area contributed by atoms with E-state index in [1.807, 2.05) is 0 Å². The molecule has 2 N–H and O–H groups in total. The minimum Gasteiger partial charge on any atom is -0.481 e. The van der Waals surface area contributed by atoms with E-state index >= 15 is 0 Å². The number of hydrogen-bond acceptors (Lipinski definition) is 6. The summed E-state index contributed by atoms with van der Waals surface area (Å²) in [6, 6.07) is 1.95. The smallest absolute Gasteiger partial charge is 0.309 e. The predicted octanol–water partition coefficient (Wildman–Crippen LogP) is 3.66. The Balaban J connectivity index is 2.05. The van der Waals surface area contributed by atoms with Crippen molar-refractivity contribution in [2.45, 2.75) is 32.1 Å². The molecule has 1 aliphatic rings. The fourth-order valence-electron chi connectivity index (χ4n) is 3.17. The number of alkyl halides is 3. The molecule has 0 aliphatic carbocycles. The maximum Gasteiger partial charge on any atom is 0.309 e. The highest BCUT2D eigenvalue weighted by Gasteiger charge is 2.30. The van der Waals surface area contributed by atoms with Crippen LogP contribution in [0.25, 0.3) is 0 Å². The number of nitrogens with one attached hydrogen (secondary N) is 1. The lowest BCUT2D eigenvalue weighted by atomic mass is 10.0. The fourth-order valence-corrected chi connectivity index (χ4v) is 3.17. The van der Waals surface area contributed by atoms with E-state index in [1.54, 1.807) is 0 Å². The van der Waals surface area contributed by atoms with Crippen LogP contribution in [0.2, 0.25) is 0 Å². The second kappa shape index (κ2) is 9.35. The zero-order valence-corrected chi connectivity index (χ0v) is 15.9. The van der Waals surface area contributed by atoms with Crippen molar-refractivity contribution in [3.8, 4) is 0 Å². The Hall–Kier alpha value is -2.79. The molecule has 1 aliphatic heterocycles. The standard InChI is InChI=1S/C19H19F4N3O4/c1-9-24-12(7-14(27)28)15(19-29-5-6-30-19)18(25-9)26-13(8-20)10-3-2-4-11(16(10)21)17(22)23/h2-4,13,17,19H,5-8H2,1H3,(H,27,28)(H,24,25,26). The van der Waals surface area contributed by atoms with Gasteiger partial charge in [0.05, 0.1) is 42.5 Å². The van der Waals surface area contributed by atoms with E-state index in [0.29, 0.717) is 0 Å². The van der Waals surface area contributed by atoms with Crippen molar-refractivity contribution in [3.05, 3.63) is 52.2 Å². The van der Waals surface area contributed by atoms with Gasteiger partial charge in [-0.3, -0.25) is 4.79 Å². The Labute approximate surface area is 169 Å². The van der Waals surface area contributed by atoms with Crippen molar-refractivity contribution in [2.24, 2.45) is 0 Å². The maximum absolute atomic E-state index is 14.5. The molecule has 1 aromatic carbocycles. The molecule has 0 spiro atoms. The van der Waals surface area contributed by atoms with Crippen LogP contribution in [0.4, 0.5) is 23.4 Å². The Morgan fingerprint density at radius 1 is 1.27 bits per heavy atom. The largest absolute Gasteiger partial charge is 0.481 e. The van der Waals surface area contributed by atoms with Gasteiger partial charge in [-0.05, 0) is 6.92 Å². The van der Waals surface area contributed by atoms with Crippen molar-refractivity contribution >= 4 is 11.8 Å². The number of ether oxygens (including phenoxy) is 2. The van der Waals surface area contributed by atoms with Gasteiger partial charge < -0.3 is 19.9 Å². The SMILES string of the molecule is Cc1nc(CC(=O)O)c(C2OCCO2)c(NC(CF)c2cccc(C(F)F)c2F)n1. The summed E-state index contributed by atoms with van der Waals surface area (Å²) >= 11 is 0. The number of anilines is 1. The summed E-state index contributed by atoms with van der Waals surface area (Å²) in [7, 11) is 0. The van der Waals surface area contributed by atoms with Crippen LogP contribution < -0.4 is 5.32 Å². The average Bonchev–Trinajstić information content (AvgIpc) is 3.19. The first-order chi connectivity index (χ1) is 14.3. The second-order valence-electron chi connectivity index (χ2n) is 6.53. The summed E-state index contributed by atoms with van der Waals surface area (Å²) in [5.74, 6) is -2.24. The molecule has 0 saturated carbocycles. The third kappa shape index (κ3) is 4.68. The van der Waals surface area contributed by atoms with E-state index in [2.05, 4.69) is 15.3 Å². The number of hydrogen-bond donors (Lipinski definition) is 2. The summed E-state index contributed by atoms with van der Waals surface area (Å²) in [6.45, 7) is 0.829. The second-order valence-corrected chi connectivity index (χ2v) is 6.53. The maximum atomic E-state index is 14.5. The van der Waals surface area contributed by atoms with Crippen LogP contribution in [0.3, 0.4) is 0 Å². The van der Waals surface area contributed by atoms with E-state index < -0.39 is 49.2 Å². The van der Waals surface area contributed by atoms with Crippen LogP contribution >= 0.6 is 0 Å². The Kier molecular flexibility index (Phi) is 6.83. The van der Waals surface area contributed by atoms with Crippen molar-refractivity contribution in [1.82, 2.24) is 9.97 Å². The molecule has 0 radical (unpaired) electrons. The molecule has 3 rings (SSSR count). The van der Waals surface area contributed by atoms with Gasteiger partial charge in [-0.25, -0.2) is 27.5 Å². The molecule has 2 aromatic rings. The van der Waals surface area contributed by atoms with Gasteiger partial charge in [0.25, 0.3) is 6.43 Å². The average molecular weight is 429 g/mol. The number of carboxylic acid groups (broad SMARTS) is 1. The molecule has 11 heteroatoms. The molecule has 1 aromatic heterocycles. The van der Waals surface area contributed by atoms with Crippen LogP contribution in [0.5, 0.6) is 0 Å². The molecule has 1 fully saturated rings. The van der Waals surface area contributed by atoms with Gasteiger partial charge in [-0.1, -0.05) is 18.2 Å². The Bertz CT molecular complexity index is 923. The van der Waals surface area contributed by atoms with Crippen LogP contribution in [0, 0.1) is 12.7 Å². The molecule has 1 saturated heterocycles. The van der Waals surface area contributed by atoms with E-state index in [4.69, 9.17) is 9.47 Å². The third-order valence-electron chi connectivity index (χ3n) is 4.45. The van der Waals surface area contributed by atoms with Crippen LogP contribution in [0.1, 0.15) is 47.0 Å². The van der Waals surface area contributed by atoms with Crippen LogP contribution in [0.15, 0.2) is 18.2 Å². The van der Waals surface area contributed by atoms with Crippen molar-refractivity contribution in [1.29, 1.82) is 0 Å². The quantitative estimate of drug-likeness (QED) is 0.619. The third-order valence-corrected chi connectivity index (χ3v) is 4.45. The first kappa shape index (κ1) is 21.9. The van der Waals surface area contributed by atoms with E-state index in [1.165, 1.54) is 19.1 Å². The molecule has 2 heterocycles. The van der Waals surface area contributed by atoms with Gasteiger partial charge in [0.2, 0.25) is 0 Å². The minimum absolute atomic E-state index is 0.0184. The summed E-state index contributed by atoms with van der Waals surface area (Å²) in [6.07, 6.45) is -4.55. The van der Waals surface area contributed by atoms with Gasteiger partial charge in [-0.2, -0.15) is 0 Å². The number of aliphatic carboxylic acids is 1. The lowest BCUT2D eigenvalue weighted by molar-refractivity contribution is -0.136. The van der Waals surface area contributed by atoms with E-state index in [0.717, 1.165) is 6.07 Å². The number of aromatic nitrogens is 2. The van der Waals surface area contributed by atoms with E-state index in [-0.39, 0.29) is 41.7 Å². The van der Waals surface area contributed by atoms with E-state index in [9.17, 15) is 27.5 Å². The van der Waals surface area contributed by atoms with Crippen molar-refractivity contribution in [3.63, 3.8) is 0 Å². The molecule has 1 unspecified atom stereocenters. The zero-order chi connectivity index (χ0) is 21.8. The lowest BCUT2D eigenvalue weighted by Gasteiger charge is -2.23. The highest BCUT2D eigenvalue weighted by atomic mass is 19.3. The van der Waals surface area contributed by atoms with Gasteiger partial charge in [-0.15, -0.1) is 0 Å². The van der Waals surface area contributed by atoms with Gasteiger partial charge in [0.1, 0.15) is 24.1 Å². The fraction of sp³-hybridized carbons (Fsp3) is 0.421. The number of rotatable bonds is 8. The first-order valence-electron chi connectivity index (χ1n) is 9.03. The van der Waals surface area contributed by atoms with Gasteiger partial charge in [0, 0.05) is 5.56 Å². The van der Waals surface area contributed by atoms with Crippen LogP contribution in [-0.4, -0.2) is 40.9 Å². The monoisotopic (exact) mass is 429 g/mol. The highest BCUT2D eigenvalue weighted by Crippen LogP contribution is 2.35. The Morgan fingerprint density at radius 3 is 2.53 bits per heavy atom. The van der Waals surface area contributed by atoms with Gasteiger partial charge in [0.15, 0.2) is 6.29 Å². The van der Waals surface area contributed by atoms with Gasteiger partial charge >= 0.3 is 5.97 Å². The summed E-state index contributed by atoms with van der Waals surface area (Å²) in [4.78, 5) is 19.6. The number of carbonyl (C=O) groups is 1. The number of nitrogens with zero attached hydrogens (tertiary/aromatic N) is 2. The van der Waals surface area contributed by atoms with Crippen molar-refractivity contribution in [2.75, 3.05) is 25.2 Å². The summed E-state index contributed by atoms with van der Waals surface area (Å²) < 4.78 is 65.3. The molecule has 162 valence electrons. The molecule has 0 bridgehead atoms. The Morgan fingerprint density at radius 2 is 1.93 bits per heavy atom. The normalized spacial score (nSPS) is 15.5. The lowest BCUT2D eigenvalue weighted by Crippen LogP contribution is -2.21. The molecular weight excluding hydrogens is 410 g/mol. The number of carboxylic acids is 1. The summed E-state index contributed by atoms with van der Waals surface area (Å²) in [5.41, 5.74) is -0.931. The van der Waals surface area contributed by atoms with Crippen LogP contribution in [-0.2, 0) is 20.7 Å². The zero-order valence-electron chi connectivity index (χ0n) is 15.9. The molecule has 0 amide bonds. The predicted molar refractivity (Wildman–Crippen MR) is 96.4 cm³/mol. The number of halogens is 4. The topological polar surface area (TPSA) is 93.6 Å². The molecule has 7 nitrogen and oxygen atoms in total. The summed E-state index contributed by atoms with van der Waals surface area (Å²) in [5, 5.41) is 11.9. The minimum atomic E-state index is -3.07. The number of aryl methyl sites for hydroxylation is 1.